The van der Waals surface area contributed by atoms with E-state index >= 15 is 0 Å². The standard InChI is InChI=1S/C17H21ClN4O2/c18-13-8-6-12(7-9-13)17-20-15(24-21-17)4-1-5-16(23)22-10-2-3-14(22)11-19/h6-9,14H,1-5,10-11,19H2. The van der Waals surface area contributed by atoms with Crippen molar-refractivity contribution in [3.05, 3.63) is 35.2 Å². The van der Waals surface area contributed by atoms with Gasteiger partial charge in [0, 0.05) is 42.6 Å². The lowest BCUT2D eigenvalue weighted by atomic mass is 10.2. The number of hydrogen-bond acceptors (Lipinski definition) is 5. The Labute approximate surface area is 146 Å². The van der Waals surface area contributed by atoms with Crippen LogP contribution in [0.5, 0.6) is 0 Å². The van der Waals surface area contributed by atoms with E-state index < -0.39 is 0 Å². The summed E-state index contributed by atoms with van der Waals surface area (Å²) >= 11 is 5.87. The average molecular weight is 349 g/mol. The molecule has 2 heterocycles. The molecule has 24 heavy (non-hydrogen) atoms. The van der Waals surface area contributed by atoms with Gasteiger partial charge in [-0.05, 0) is 43.5 Å². The molecule has 2 N–H and O–H groups in total. The summed E-state index contributed by atoms with van der Waals surface area (Å²) < 4.78 is 5.26. The molecule has 2 aromatic rings. The molecule has 0 radical (unpaired) electrons. The van der Waals surface area contributed by atoms with Crippen LogP contribution in [0.15, 0.2) is 28.8 Å². The topological polar surface area (TPSA) is 85.2 Å². The van der Waals surface area contributed by atoms with Crippen molar-refractivity contribution in [1.82, 2.24) is 15.0 Å². The Bertz CT molecular complexity index is 686. The van der Waals surface area contributed by atoms with Crippen LogP contribution < -0.4 is 5.73 Å². The third kappa shape index (κ3) is 3.94. The molecule has 128 valence electrons. The molecule has 0 spiro atoms. The Morgan fingerprint density at radius 3 is 2.92 bits per heavy atom. The van der Waals surface area contributed by atoms with Crippen molar-refractivity contribution in [2.45, 2.75) is 38.1 Å². The van der Waals surface area contributed by atoms with Gasteiger partial charge < -0.3 is 15.2 Å². The molecule has 1 amide bonds. The molecule has 6 nitrogen and oxygen atoms in total. The minimum atomic E-state index is 0.167. The van der Waals surface area contributed by atoms with E-state index in [2.05, 4.69) is 10.1 Å². The summed E-state index contributed by atoms with van der Waals surface area (Å²) in [5, 5.41) is 4.64. The Balaban J connectivity index is 1.50. The van der Waals surface area contributed by atoms with E-state index in [0.717, 1.165) is 24.9 Å². The number of nitrogens with two attached hydrogens (primary N) is 1. The number of carbonyl (C=O) groups is 1. The van der Waals surface area contributed by atoms with Crippen LogP contribution in [0.25, 0.3) is 11.4 Å². The maximum absolute atomic E-state index is 12.3. The van der Waals surface area contributed by atoms with E-state index in [1.807, 2.05) is 17.0 Å². The number of aromatic nitrogens is 2. The molecule has 7 heteroatoms. The number of hydrogen-bond donors (Lipinski definition) is 1. The third-order valence-electron chi connectivity index (χ3n) is 4.32. The highest BCUT2D eigenvalue weighted by Gasteiger charge is 2.26. The van der Waals surface area contributed by atoms with Crippen molar-refractivity contribution >= 4 is 17.5 Å². The number of halogens is 1. The van der Waals surface area contributed by atoms with E-state index in [9.17, 15) is 4.79 Å². The molecule has 1 aliphatic rings. The number of aryl methyl sites for hydroxylation is 1. The summed E-state index contributed by atoms with van der Waals surface area (Å²) in [5.74, 6) is 1.25. The van der Waals surface area contributed by atoms with Gasteiger partial charge in [0.2, 0.25) is 17.6 Å². The minimum Gasteiger partial charge on any atom is -0.339 e. The van der Waals surface area contributed by atoms with Crippen molar-refractivity contribution in [2.75, 3.05) is 13.1 Å². The summed E-state index contributed by atoms with van der Waals surface area (Å²) in [6, 6.07) is 7.48. The third-order valence-corrected chi connectivity index (χ3v) is 4.57. The summed E-state index contributed by atoms with van der Waals surface area (Å²) in [6.45, 7) is 1.36. The maximum Gasteiger partial charge on any atom is 0.226 e. The highest BCUT2D eigenvalue weighted by molar-refractivity contribution is 6.30. The van der Waals surface area contributed by atoms with Gasteiger partial charge in [0.1, 0.15) is 0 Å². The van der Waals surface area contributed by atoms with Gasteiger partial charge in [0.05, 0.1) is 0 Å². The fourth-order valence-electron chi connectivity index (χ4n) is 3.02. The average Bonchev–Trinajstić information content (AvgIpc) is 3.24. The maximum atomic E-state index is 12.3. The van der Waals surface area contributed by atoms with Crippen LogP contribution in [0.3, 0.4) is 0 Å². The SMILES string of the molecule is NCC1CCCN1C(=O)CCCc1nc(-c2ccc(Cl)cc2)no1. The van der Waals surface area contributed by atoms with E-state index in [0.29, 0.717) is 42.5 Å². The Kier molecular flexibility index (Phi) is 5.48. The second kappa shape index (κ2) is 7.77. The molecule has 1 fully saturated rings. The monoisotopic (exact) mass is 348 g/mol. The van der Waals surface area contributed by atoms with Gasteiger partial charge in [-0.25, -0.2) is 0 Å². The highest BCUT2D eigenvalue weighted by atomic mass is 35.5. The molecular formula is C17H21ClN4O2. The van der Waals surface area contributed by atoms with Gasteiger partial charge in [-0.2, -0.15) is 4.98 Å². The zero-order valence-electron chi connectivity index (χ0n) is 13.4. The summed E-state index contributed by atoms with van der Waals surface area (Å²) in [4.78, 5) is 18.5. The van der Waals surface area contributed by atoms with Crippen LogP contribution in [0, 0.1) is 0 Å². The summed E-state index contributed by atoms with van der Waals surface area (Å²) in [5.41, 5.74) is 6.57. The lowest BCUT2D eigenvalue weighted by Crippen LogP contribution is -2.39. The molecule has 1 aromatic heterocycles. The van der Waals surface area contributed by atoms with Crippen molar-refractivity contribution in [3.63, 3.8) is 0 Å². The second-order valence-corrected chi connectivity index (χ2v) is 6.43. The van der Waals surface area contributed by atoms with Crippen molar-refractivity contribution in [3.8, 4) is 11.4 Å². The second-order valence-electron chi connectivity index (χ2n) is 5.99. The normalized spacial score (nSPS) is 17.4. The van der Waals surface area contributed by atoms with Gasteiger partial charge in [-0.15, -0.1) is 0 Å². The molecular weight excluding hydrogens is 328 g/mol. The first-order valence-electron chi connectivity index (χ1n) is 8.25. The minimum absolute atomic E-state index is 0.167. The Morgan fingerprint density at radius 1 is 1.38 bits per heavy atom. The number of nitrogens with zero attached hydrogens (tertiary/aromatic N) is 3. The molecule has 3 rings (SSSR count). The van der Waals surface area contributed by atoms with Gasteiger partial charge in [-0.1, -0.05) is 16.8 Å². The molecule has 0 aliphatic carbocycles. The van der Waals surface area contributed by atoms with Crippen LogP contribution in [-0.4, -0.2) is 40.1 Å². The zero-order valence-corrected chi connectivity index (χ0v) is 14.2. The number of rotatable bonds is 6. The first kappa shape index (κ1) is 16.9. The van der Waals surface area contributed by atoms with Crippen LogP contribution in [0.1, 0.15) is 31.6 Å². The zero-order chi connectivity index (χ0) is 16.9. The molecule has 1 aromatic carbocycles. The predicted octanol–water partition coefficient (Wildman–Crippen LogP) is 2.66. The summed E-state index contributed by atoms with van der Waals surface area (Å²) in [6.07, 6.45) is 3.82. The van der Waals surface area contributed by atoms with Gasteiger partial charge in [0.25, 0.3) is 0 Å². The fourth-order valence-corrected chi connectivity index (χ4v) is 3.14. The Morgan fingerprint density at radius 2 is 2.17 bits per heavy atom. The number of carbonyl (C=O) groups excluding carboxylic acids is 1. The van der Waals surface area contributed by atoms with Crippen molar-refractivity contribution in [1.29, 1.82) is 0 Å². The molecule has 0 bridgehead atoms. The first-order valence-corrected chi connectivity index (χ1v) is 8.63. The van der Waals surface area contributed by atoms with E-state index in [1.54, 1.807) is 12.1 Å². The predicted molar refractivity (Wildman–Crippen MR) is 91.5 cm³/mol. The molecule has 1 saturated heterocycles. The van der Waals surface area contributed by atoms with Crippen molar-refractivity contribution in [2.24, 2.45) is 5.73 Å². The quantitative estimate of drug-likeness (QED) is 0.867. The van der Waals surface area contributed by atoms with Crippen LogP contribution in [0.2, 0.25) is 5.02 Å². The molecule has 1 aliphatic heterocycles. The van der Waals surface area contributed by atoms with Crippen LogP contribution >= 0.6 is 11.6 Å². The van der Waals surface area contributed by atoms with Crippen molar-refractivity contribution < 1.29 is 9.32 Å². The van der Waals surface area contributed by atoms with Gasteiger partial charge in [0.15, 0.2) is 0 Å². The number of benzene rings is 1. The first-order chi connectivity index (χ1) is 11.7. The number of likely N-dealkylation sites (tertiary alicyclic amines) is 1. The summed E-state index contributed by atoms with van der Waals surface area (Å²) in [7, 11) is 0. The molecule has 1 atom stereocenters. The largest absolute Gasteiger partial charge is 0.339 e. The lowest BCUT2D eigenvalue weighted by molar-refractivity contribution is -0.131. The fraction of sp³-hybridized carbons (Fsp3) is 0.471. The van der Waals surface area contributed by atoms with Gasteiger partial charge in [-0.3, -0.25) is 4.79 Å². The molecule has 0 saturated carbocycles. The van der Waals surface area contributed by atoms with E-state index in [-0.39, 0.29) is 11.9 Å². The lowest BCUT2D eigenvalue weighted by Gasteiger charge is -2.23. The van der Waals surface area contributed by atoms with E-state index in [1.165, 1.54) is 0 Å². The smallest absolute Gasteiger partial charge is 0.226 e. The number of amides is 1. The highest BCUT2D eigenvalue weighted by Crippen LogP contribution is 2.20. The van der Waals surface area contributed by atoms with E-state index in [4.69, 9.17) is 21.9 Å². The van der Waals surface area contributed by atoms with Crippen LogP contribution in [0.4, 0.5) is 0 Å². The Hall–Kier alpha value is -1.92. The molecule has 1 unspecified atom stereocenters. The van der Waals surface area contributed by atoms with Gasteiger partial charge >= 0.3 is 0 Å². The van der Waals surface area contributed by atoms with Crippen LogP contribution in [-0.2, 0) is 11.2 Å².